The highest BCUT2D eigenvalue weighted by molar-refractivity contribution is 5.82. The van der Waals surface area contributed by atoms with Gasteiger partial charge in [0, 0.05) is 43.1 Å². The van der Waals surface area contributed by atoms with Crippen molar-refractivity contribution >= 4 is 16.9 Å². The van der Waals surface area contributed by atoms with Crippen LogP contribution in [0.5, 0.6) is 5.75 Å². The number of ether oxygens (including phenoxy) is 2. The predicted octanol–water partition coefficient (Wildman–Crippen LogP) is 4.39. The second-order valence-corrected chi connectivity index (χ2v) is 8.39. The summed E-state index contributed by atoms with van der Waals surface area (Å²) in [6, 6.07) is 11.6. The molecule has 2 aromatic carbocycles. The maximum absolute atomic E-state index is 13.7. The Morgan fingerprint density at radius 2 is 2.09 bits per heavy atom. The lowest BCUT2D eigenvalue weighted by Gasteiger charge is -2.26. The zero-order valence-corrected chi connectivity index (χ0v) is 18.9. The van der Waals surface area contributed by atoms with Crippen LogP contribution in [0.25, 0.3) is 11.0 Å². The third-order valence-electron chi connectivity index (χ3n) is 6.15. The Bertz CT molecular complexity index is 1200. The second kappa shape index (κ2) is 10.2. The molecule has 7 heteroatoms. The summed E-state index contributed by atoms with van der Waals surface area (Å²) in [6.45, 7) is 3.29. The molecular formula is C26H28FNO5. The van der Waals surface area contributed by atoms with Crippen molar-refractivity contribution in [2.24, 2.45) is 0 Å². The molecule has 1 aliphatic rings. The fraction of sp³-hybridized carbons (Fsp3) is 0.385. The monoisotopic (exact) mass is 453 g/mol. The third-order valence-corrected chi connectivity index (χ3v) is 6.15. The van der Waals surface area contributed by atoms with E-state index in [0.29, 0.717) is 36.6 Å². The molecule has 0 radical (unpaired) electrons. The van der Waals surface area contributed by atoms with E-state index in [9.17, 15) is 14.0 Å². The molecule has 33 heavy (non-hydrogen) atoms. The molecule has 1 aromatic heterocycles. The SMILES string of the molecule is COc1ccc2c(C)c(CCC(=O)N(Cc3cccc(F)c3)CC3CCCO3)c(=O)oc2c1. The number of carbonyl (C=O) groups is 1. The molecule has 0 spiro atoms. The normalized spacial score (nSPS) is 15.7. The van der Waals surface area contributed by atoms with E-state index in [-0.39, 0.29) is 30.7 Å². The molecule has 1 atom stereocenters. The Kier molecular flexibility index (Phi) is 7.08. The lowest BCUT2D eigenvalue weighted by atomic mass is 10.0. The minimum atomic E-state index is -0.447. The van der Waals surface area contributed by atoms with Crippen molar-refractivity contribution in [1.82, 2.24) is 4.90 Å². The molecule has 0 aliphatic carbocycles. The van der Waals surface area contributed by atoms with Crippen molar-refractivity contribution in [3.63, 3.8) is 0 Å². The number of aryl methyl sites for hydroxylation is 1. The molecular weight excluding hydrogens is 425 g/mol. The zero-order valence-electron chi connectivity index (χ0n) is 18.9. The molecule has 1 saturated heterocycles. The van der Waals surface area contributed by atoms with Gasteiger partial charge in [0.05, 0.1) is 13.2 Å². The van der Waals surface area contributed by atoms with Crippen LogP contribution in [-0.2, 0) is 22.5 Å². The van der Waals surface area contributed by atoms with Crippen molar-refractivity contribution in [2.75, 3.05) is 20.3 Å². The predicted molar refractivity (Wildman–Crippen MR) is 123 cm³/mol. The van der Waals surface area contributed by atoms with E-state index in [1.54, 1.807) is 30.2 Å². The van der Waals surface area contributed by atoms with Gasteiger partial charge < -0.3 is 18.8 Å². The maximum atomic E-state index is 13.7. The first-order chi connectivity index (χ1) is 15.9. The van der Waals surface area contributed by atoms with Gasteiger partial charge in [0.15, 0.2) is 0 Å². The molecule has 3 aromatic rings. The number of hydrogen-bond acceptors (Lipinski definition) is 5. The van der Waals surface area contributed by atoms with Gasteiger partial charge in [0.2, 0.25) is 5.91 Å². The van der Waals surface area contributed by atoms with Gasteiger partial charge in [-0.05, 0) is 61.6 Å². The largest absolute Gasteiger partial charge is 0.497 e. The smallest absolute Gasteiger partial charge is 0.339 e. The number of rotatable bonds is 8. The first kappa shape index (κ1) is 23.0. The Morgan fingerprint density at radius 3 is 2.82 bits per heavy atom. The van der Waals surface area contributed by atoms with Crippen LogP contribution < -0.4 is 10.4 Å². The van der Waals surface area contributed by atoms with Crippen LogP contribution in [0.2, 0.25) is 0 Å². The van der Waals surface area contributed by atoms with E-state index in [0.717, 1.165) is 29.4 Å². The summed E-state index contributed by atoms with van der Waals surface area (Å²) in [6.07, 6.45) is 2.25. The van der Waals surface area contributed by atoms with E-state index in [2.05, 4.69) is 0 Å². The summed E-state index contributed by atoms with van der Waals surface area (Å²) < 4.78 is 30.1. The summed E-state index contributed by atoms with van der Waals surface area (Å²) in [5, 5.41) is 0.814. The van der Waals surface area contributed by atoms with Crippen LogP contribution in [0.4, 0.5) is 4.39 Å². The van der Waals surface area contributed by atoms with Crippen LogP contribution in [0.3, 0.4) is 0 Å². The number of benzene rings is 2. The molecule has 0 N–H and O–H groups in total. The lowest BCUT2D eigenvalue weighted by Crippen LogP contribution is -2.37. The Morgan fingerprint density at radius 1 is 1.24 bits per heavy atom. The molecule has 4 rings (SSSR count). The topological polar surface area (TPSA) is 69.0 Å². The van der Waals surface area contributed by atoms with Crippen molar-refractivity contribution < 1.29 is 23.1 Å². The van der Waals surface area contributed by atoms with Crippen molar-refractivity contribution in [2.45, 2.75) is 45.3 Å². The van der Waals surface area contributed by atoms with Gasteiger partial charge in [-0.25, -0.2) is 9.18 Å². The molecule has 6 nitrogen and oxygen atoms in total. The van der Waals surface area contributed by atoms with E-state index in [1.807, 2.05) is 19.1 Å². The number of carbonyl (C=O) groups excluding carboxylic acids is 1. The van der Waals surface area contributed by atoms with Gasteiger partial charge in [0.25, 0.3) is 0 Å². The average molecular weight is 454 g/mol. The van der Waals surface area contributed by atoms with Crippen molar-refractivity contribution in [3.8, 4) is 5.75 Å². The summed E-state index contributed by atoms with van der Waals surface area (Å²) in [7, 11) is 1.55. The molecule has 1 amide bonds. The zero-order chi connectivity index (χ0) is 23.4. The summed E-state index contributed by atoms with van der Waals surface area (Å²) in [5.41, 5.74) is 2.02. The Labute approximate surface area is 191 Å². The van der Waals surface area contributed by atoms with Gasteiger partial charge in [-0.1, -0.05) is 12.1 Å². The number of hydrogen-bond donors (Lipinski definition) is 0. The first-order valence-electron chi connectivity index (χ1n) is 11.2. The van der Waals surface area contributed by atoms with Crippen molar-refractivity contribution in [1.29, 1.82) is 0 Å². The molecule has 1 unspecified atom stereocenters. The fourth-order valence-electron chi connectivity index (χ4n) is 4.32. The lowest BCUT2D eigenvalue weighted by molar-refractivity contribution is -0.133. The number of nitrogens with zero attached hydrogens (tertiary/aromatic N) is 1. The number of amides is 1. The summed E-state index contributed by atoms with van der Waals surface area (Å²) in [4.78, 5) is 27.5. The van der Waals surface area contributed by atoms with Crippen LogP contribution in [0.1, 0.15) is 36.0 Å². The second-order valence-electron chi connectivity index (χ2n) is 8.39. The van der Waals surface area contributed by atoms with Crippen molar-refractivity contribution in [3.05, 3.63) is 75.4 Å². The minimum absolute atomic E-state index is 0.0232. The fourth-order valence-corrected chi connectivity index (χ4v) is 4.32. The van der Waals surface area contributed by atoms with Crippen LogP contribution in [-0.4, -0.2) is 37.2 Å². The van der Waals surface area contributed by atoms with E-state index in [4.69, 9.17) is 13.9 Å². The summed E-state index contributed by atoms with van der Waals surface area (Å²) in [5.74, 6) is 0.163. The van der Waals surface area contributed by atoms with E-state index < -0.39 is 5.63 Å². The van der Waals surface area contributed by atoms with E-state index >= 15 is 0 Å². The maximum Gasteiger partial charge on any atom is 0.339 e. The molecule has 1 aliphatic heterocycles. The Balaban J connectivity index is 1.52. The molecule has 0 bridgehead atoms. The molecule has 174 valence electrons. The van der Waals surface area contributed by atoms with Gasteiger partial charge >= 0.3 is 5.63 Å². The minimum Gasteiger partial charge on any atom is -0.497 e. The Hall–Kier alpha value is -3.19. The van der Waals surface area contributed by atoms with Gasteiger partial charge in [-0.3, -0.25) is 4.79 Å². The number of halogens is 1. The standard InChI is InChI=1S/C26H28FNO5/c1-17-22-9-8-20(31-2)14-24(22)33-26(30)23(17)10-11-25(29)28(16-21-7-4-12-32-21)15-18-5-3-6-19(27)13-18/h3,5-6,8-9,13-14,21H,4,7,10-12,15-16H2,1-2H3. The highest BCUT2D eigenvalue weighted by atomic mass is 19.1. The van der Waals surface area contributed by atoms with E-state index in [1.165, 1.54) is 12.1 Å². The van der Waals surface area contributed by atoms with Crippen LogP contribution in [0, 0.1) is 12.7 Å². The van der Waals surface area contributed by atoms with Gasteiger partial charge in [-0.15, -0.1) is 0 Å². The number of fused-ring (bicyclic) bond motifs is 1. The van der Waals surface area contributed by atoms with Crippen LogP contribution in [0.15, 0.2) is 51.7 Å². The van der Waals surface area contributed by atoms with Crippen LogP contribution >= 0.6 is 0 Å². The first-order valence-corrected chi connectivity index (χ1v) is 11.2. The highest BCUT2D eigenvalue weighted by Crippen LogP contribution is 2.25. The number of methoxy groups -OCH3 is 1. The quantitative estimate of drug-likeness (QED) is 0.473. The van der Waals surface area contributed by atoms with Gasteiger partial charge in [0.1, 0.15) is 17.1 Å². The third kappa shape index (κ3) is 5.42. The molecule has 1 fully saturated rings. The molecule has 0 saturated carbocycles. The molecule has 2 heterocycles. The summed E-state index contributed by atoms with van der Waals surface area (Å²) >= 11 is 0. The van der Waals surface area contributed by atoms with Gasteiger partial charge in [-0.2, -0.15) is 0 Å². The average Bonchev–Trinajstić information content (AvgIpc) is 3.31. The highest BCUT2D eigenvalue weighted by Gasteiger charge is 2.23.